The predicted molar refractivity (Wildman–Crippen MR) is 132 cm³/mol. The molecule has 2 N–H and O–H groups in total. The molecule has 2 aromatic rings. The monoisotopic (exact) mass is 567 g/mol. The van der Waals surface area contributed by atoms with E-state index in [2.05, 4.69) is 5.32 Å². The molecule has 208 valence electrons. The van der Waals surface area contributed by atoms with Crippen molar-refractivity contribution in [2.45, 2.75) is 56.8 Å². The Morgan fingerprint density at radius 3 is 2.13 bits per heavy atom. The molecule has 0 radical (unpaired) electrons. The SMILES string of the molecule is CC(=O)Nc1ccc(S(=O)(=O)N[C@@]2(C(F)(F)F)C(=O)N(Cc3ccc(F)cc3)C3=C2C(=O)CC(C)(C)C3)cc1. The van der Waals surface area contributed by atoms with Crippen molar-refractivity contribution in [1.29, 1.82) is 0 Å². The second-order valence-electron chi connectivity index (χ2n) is 10.3. The highest BCUT2D eigenvalue weighted by molar-refractivity contribution is 7.89. The number of rotatable bonds is 6. The highest BCUT2D eigenvalue weighted by Crippen LogP contribution is 2.52. The fourth-order valence-electron chi connectivity index (χ4n) is 4.91. The number of sulfonamides is 1. The third-order valence-electron chi connectivity index (χ3n) is 6.57. The summed E-state index contributed by atoms with van der Waals surface area (Å²) >= 11 is 0. The second kappa shape index (κ2) is 9.56. The smallest absolute Gasteiger partial charge is 0.326 e. The lowest BCUT2D eigenvalue weighted by Crippen LogP contribution is -2.66. The van der Waals surface area contributed by atoms with Crippen LogP contribution in [0.25, 0.3) is 0 Å². The van der Waals surface area contributed by atoms with E-state index in [1.54, 1.807) is 18.6 Å². The molecule has 0 saturated heterocycles. The average Bonchev–Trinajstić information content (AvgIpc) is 3.02. The zero-order valence-corrected chi connectivity index (χ0v) is 22.0. The summed E-state index contributed by atoms with van der Waals surface area (Å²) in [7, 11) is -5.03. The summed E-state index contributed by atoms with van der Waals surface area (Å²) in [5.41, 5.74) is -5.39. The fourth-order valence-corrected chi connectivity index (χ4v) is 6.23. The van der Waals surface area contributed by atoms with Crippen LogP contribution in [0.2, 0.25) is 0 Å². The lowest BCUT2D eigenvalue weighted by atomic mass is 9.72. The Labute approximate surface area is 222 Å². The molecule has 2 amide bonds. The van der Waals surface area contributed by atoms with Crippen molar-refractivity contribution in [3.05, 3.63) is 71.2 Å². The molecule has 1 heterocycles. The van der Waals surface area contributed by atoms with Crippen molar-refractivity contribution in [1.82, 2.24) is 9.62 Å². The second-order valence-corrected chi connectivity index (χ2v) is 12.0. The summed E-state index contributed by atoms with van der Waals surface area (Å²) in [6, 6.07) is 9.00. The van der Waals surface area contributed by atoms with Crippen molar-refractivity contribution < 1.29 is 40.4 Å². The zero-order valence-electron chi connectivity index (χ0n) is 21.1. The largest absolute Gasteiger partial charge is 0.421 e. The average molecular weight is 568 g/mol. The predicted octanol–water partition coefficient (Wildman–Crippen LogP) is 4.05. The molecule has 0 unspecified atom stereocenters. The van der Waals surface area contributed by atoms with Crippen LogP contribution in [0.5, 0.6) is 0 Å². The Kier molecular flexibility index (Phi) is 6.97. The number of hydrogen-bond donors (Lipinski definition) is 2. The molecule has 8 nitrogen and oxygen atoms in total. The van der Waals surface area contributed by atoms with E-state index in [4.69, 9.17) is 0 Å². The van der Waals surface area contributed by atoms with Gasteiger partial charge in [-0.1, -0.05) is 26.0 Å². The Morgan fingerprint density at radius 2 is 1.59 bits per heavy atom. The number of alkyl halides is 3. The standard InChI is InChI=1S/C26H25F4N3O5S/c1-15(34)31-18-8-10-19(11-9-18)39(37,38)32-25(26(28,29)30)22-20(12-24(2,3)13-21(22)35)33(23(25)36)14-16-4-6-17(27)7-5-16/h4-11,32H,12-14H2,1-3H3,(H,31,34)/t25-/m1/s1. The molecule has 39 heavy (non-hydrogen) atoms. The van der Waals surface area contributed by atoms with Crippen molar-refractivity contribution in [3.63, 3.8) is 0 Å². The number of Topliss-reactive ketones (excluding diaryl/α,β-unsaturated/α-hetero) is 1. The summed E-state index contributed by atoms with van der Waals surface area (Å²) < 4.78 is 86.4. The van der Waals surface area contributed by atoms with Gasteiger partial charge in [-0.25, -0.2) is 12.8 Å². The van der Waals surface area contributed by atoms with Crippen molar-refractivity contribution in [3.8, 4) is 0 Å². The molecule has 0 aromatic heterocycles. The highest BCUT2D eigenvalue weighted by atomic mass is 32.2. The number of anilines is 1. The summed E-state index contributed by atoms with van der Waals surface area (Å²) in [5.74, 6) is -3.72. The molecule has 0 spiro atoms. The number of halogens is 4. The topological polar surface area (TPSA) is 113 Å². The van der Waals surface area contributed by atoms with E-state index in [1.807, 2.05) is 0 Å². The van der Waals surface area contributed by atoms with E-state index < -0.39 is 67.6 Å². The van der Waals surface area contributed by atoms with Crippen molar-refractivity contribution >= 4 is 33.3 Å². The van der Waals surface area contributed by atoms with Crippen LogP contribution in [0.1, 0.15) is 39.2 Å². The van der Waals surface area contributed by atoms with E-state index in [9.17, 15) is 40.4 Å². The number of carbonyl (C=O) groups is 3. The van der Waals surface area contributed by atoms with Crippen LogP contribution in [0.15, 0.2) is 64.7 Å². The summed E-state index contributed by atoms with van der Waals surface area (Å²) in [6.07, 6.45) is -5.98. The fraction of sp³-hybridized carbons (Fsp3) is 0.346. The van der Waals surface area contributed by atoms with Gasteiger partial charge in [0.15, 0.2) is 5.78 Å². The van der Waals surface area contributed by atoms with E-state index in [0.29, 0.717) is 0 Å². The third-order valence-corrected chi connectivity index (χ3v) is 8.04. The van der Waals surface area contributed by atoms with Crippen LogP contribution in [0.4, 0.5) is 23.2 Å². The first-order chi connectivity index (χ1) is 18.0. The lowest BCUT2D eigenvalue weighted by Gasteiger charge is -2.35. The normalized spacial score (nSPS) is 21.3. The number of hydrogen-bond acceptors (Lipinski definition) is 5. The molecule has 1 aliphatic heterocycles. The molecule has 1 atom stereocenters. The molecule has 4 rings (SSSR count). The molecular formula is C26H25F4N3O5S. The minimum Gasteiger partial charge on any atom is -0.326 e. The lowest BCUT2D eigenvalue weighted by molar-refractivity contribution is -0.189. The summed E-state index contributed by atoms with van der Waals surface area (Å²) in [4.78, 5) is 38.4. The van der Waals surface area contributed by atoms with E-state index in [0.717, 1.165) is 29.2 Å². The molecule has 0 fully saturated rings. The number of carbonyl (C=O) groups excluding carboxylic acids is 3. The first kappa shape index (κ1) is 28.4. The van der Waals surface area contributed by atoms with Gasteiger partial charge in [-0.15, -0.1) is 0 Å². The number of ketones is 1. The highest BCUT2D eigenvalue weighted by Gasteiger charge is 2.72. The third kappa shape index (κ3) is 5.20. The van der Waals surface area contributed by atoms with Crippen LogP contribution in [0, 0.1) is 11.2 Å². The number of nitrogens with zero attached hydrogens (tertiary/aromatic N) is 1. The van der Waals surface area contributed by atoms with Crippen LogP contribution in [0.3, 0.4) is 0 Å². The summed E-state index contributed by atoms with van der Waals surface area (Å²) in [5, 5.41) is 2.41. The van der Waals surface area contributed by atoms with Crippen LogP contribution >= 0.6 is 0 Å². The van der Waals surface area contributed by atoms with Crippen molar-refractivity contribution in [2.75, 3.05) is 5.32 Å². The Bertz CT molecular complexity index is 1480. The molecule has 2 aromatic carbocycles. The zero-order chi connectivity index (χ0) is 29.0. The van der Waals surface area contributed by atoms with Gasteiger partial charge >= 0.3 is 6.18 Å². The first-order valence-corrected chi connectivity index (χ1v) is 13.3. The molecule has 1 aliphatic carbocycles. The van der Waals surface area contributed by atoms with E-state index >= 15 is 0 Å². The molecule has 2 aliphatic rings. The van der Waals surface area contributed by atoms with Crippen LogP contribution in [-0.2, 0) is 31.0 Å². The number of amides is 2. The Morgan fingerprint density at radius 1 is 1.00 bits per heavy atom. The minimum absolute atomic E-state index is 0.105. The van der Waals surface area contributed by atoms with E-state index in [1.165, 1.54) is 31.2 Å². The summed E-state index contributed by atoms with van der Waals surface area (Å²) in [6.45, 7) is 4.09. The maximum atomic E-state index is 15.0. The number of benzene rings is 2. The van der Waals surface area contributed by atoms with Gasteiger partial charge < -0.3 is 10.2 Å². The van der Waals surface area contributed by atoms with Gasteiger partial charge in [0.05, 0.1) is 17.0 Å². The molecular weight excluding hydrogens is 542 g/mol. The van der Waals surface area contributed by atoms with Crippen molar-refractivity contribution in [2.24, 2.45) is 5.41 Å². The van der Waals surface area contributed by atoms with Gasteiger partial charge in [-0.05, 0) is 53.8 Å². The Balaban J connectivity index is 1.85. The Hall–Kier alpha value is -3.58. The maximum Gasteiger partial charge on any atom is 0.421 e. The van der Waals surface area contributed by atoms with Gasteiger partial charge in [-0.3, -0.25) is 14.4 Å². The van der Waals surface area contributed by atoms with Gasteiger partial charge in [0.25, 0.3) is 5.91 Å². The maximum absolute atomic E-state index is 15.0. The molecule has 13 heteroatoms. The van der Waals surface area contributed by atoms with E-state index in [-0.39, 0.29) is 29.8 Å². The number of nitrogens with one attached hydrogen (secondary N) is 2. The van der Waals surface area contributed by atoms with Crippen LogP contribution < -0.4 is 10.0 Å². The molecule has 0 saturated carbocycles. The van der Waals surface area contributed by atoms with Gasteiger partial charge in [0.2, 0.25) is 21.5 Å². The quantitative estimate of drug-likeness (QED) is 0.512. The number of allylic oxidation sites excluding steroid dienone is 1. The van der Waals surface area contributed by atoms with Crippen LogP contribution in [-0.4, -0.2) is 42.6 Å². The first-order valence-electron chi connectivity index (χ1n) is 11.8. The van der Waals surface area contributed by atoms with Gasteiger partial charge in [0, 0.05) is 24.7 Å². The van der Waals surface area contributed by atoms with Gasteiger partial charge in [0.1, 0.15) is 5.82 Å². The molecule has 0 bridgehead atoms. The van der Waals surface area contributed by atoms with Gasteiger partial charge in [-0.2, -0.15) is 17.9 Å². The minimum atomic E-state index is -5.54.